The third-order valence-corrected chi connectivity index (χ3v) is 6.32. The van der Waals surface area contributed by atoms with Crippen molar-refractivity contribution in [3.8, 4) is 0 Å². The lowest BCUT2D eigenvalue weighted by molar-refractivity contribution is -0.137. The normalized spacial score (nSPS) is 21.7. The standard InChI is InChI=1S/C21H26N4O3/c1-14(26)17-12-25(13-17)18(27)4-3-15-9-16-10-21(5-7-22-8-6-21)20(28)24(2)19(16)23-11-15/h3-4,9,11,17,22H,5-8,10,12-13H2,1-2H3. The molecule has 0 unspecified atom stereocenters. The van der Waals surface area contributed by atoms with Gasteiger partial charge in [-0.3, -0.25) is 19.3 Å². The number of pyridine rings is 1. The van der Waals surface area contributed by atoms with Gasteiger partial charge in [-0.25, -0.2) is 4.98 Å². The second-order valence-corrected chi connectivity index (χ2v) is 8.21. The lowest BCUT2D eigenvalue weighted by Gasteiger charge is -2.43. The van der Waals surface area contributed by atoms with Crippen molar-refractivity contribution in [2.45, 2.75) is 26.2 Å². The van der Waals surface area contributed by atoms with Crippen LogP contribution in [-0.2, 0) is 20.8 Å². The van der Waals surface area contributed by atoms with E-state index in [1.165, 1.54) is 6.08 Å². The Balaban J connectivity index is 1.50. The van der Waals surface area contributed by atoms with Gasteiger partial charge in [0.15, 0.2) is 0 Å². The molecule has 0 aliphatic carbocycles. The number of anilines is 1. The van der Waals surface area contributed by atoms with Crippen LogP contribution in [0.15, 0.2) is 18.3 Å². The molecule has 1 aromatic heterocycles. The number of fused-ring (bicyclic) bond motifs is 1. The zero-order chi connectivity index (χ0) is 19.9. The van der Waals surface area contributed by atoms with Gasteiger partial charge >= 0.3 is 0 Å². The topological polar surface area (TPSA) is 82.6 Å². The Labute approximate surface area is 164 Å². The first-order chi connectivity index (χ1) is 13.4. The average molecular weight is 382 g/mol. The predicted molar refractivity (Wildman–Crippen MR) is 106 cm³/mol. The van der Waals surface area contributed by atoms with E-state index in [2.05, 4.69) is 10.3 Å². The molecule has 2 fully saturated rings. The first kappa shape index (κ1) is 18.8. The summed E-state index contributed by atoms with van der Waals surface area (Å²) in [5, 5.41) is 3.33. The van der Waals surface area contributed by atoms with Crippen LogP contribution < -0.4 is 10.2 Å². The number of nitrogens with zero attached hydrogens (tertiary/aromatic N) is 3. The van der Waals surface area contributed by atoms with E-state index in [-0.39, 0.29) is 28.9 Å². The maximum atomic E-state index is 12.9. The lowest BCUT2D eigenvalue weighted by atomic mass is 9.71. The van der Waals surface area contributed by atoms with Crippen molar-refractivity contribution in [2.24, 2.45) is 11.3 Å². The third-order valence-electron chi connectivity index (χ3n) is 6.32. The fraction of sp³-hybridized carbons (Fsp3) is 0.524. The Hall–Kier alpha value is -2.54. The van der Waals surface area contributed by atoms with Crippen LogP contribution in [-0.4, -0.2) is 60.7 Å². The van der Waals surface area contributed by atoms with E-state index in [1.807, 2.05) is 6.07 Å². The van der Waals surface area contributed by atoms with E-state index in [0.29, 0.717) is 25.3 Å². The van der Waals surface area contributed by atoms with Crippen molar-refractivity contribution >= 4 is 29.5 Å². The van der Waals surface area contributed by atoms with Gasteiger partial charge in [-0.2, -0.15) is 0 Å². The van der Waals surface area contributed by atoms with Crippen LogP contribution in [0.2, 0.25) is 0 Å². The molecule has 1 aromatic rings. The fourth-order valence-electron chi connectivity index (χ4n) is 4.42. The van der Waals surface area contributed by atoms with Crippen LogP contribution >= 0.6 is 0 Å². The molecule has 0 bridgehead atoms. The minimum Gasteiger partial charge on any atom is -0.338 e. The van der Waals surface area contributed by atoms with Crippen molar-refractivity contribution in [3.63, 3.8) is 0 Å². The van der Waals surface area contributed by atoms with Crippen LogP contribution in [0.3, 0.4) is 0 Å². The summed E-state index contributed by atoms with van der Waals surface area (Å²) in [5.74, 6) is 0.904. The van der Waals surface area contributed by atoms with E-state index >= 15 is 0 Å². The van der Waals surface area contributed by atoms with Crippen LogP contribution in [0.25, 0.3) is 6.08 Å². The van der Waals surface area contributed by atoms with Crippen LogP contribution in [0, 0.1) is 11.3 Å². The first-order valence-corrected chi connectivity index (χ1v) is 9.85. The van der Waals surface area contributed by atoms with Crippen LogP contribution in [0.1, 0.15) is 30.9 Å². The summed E-state index contributed by atoms with van der Waals surface area (Å²) in [7, 11) is 1.80. The summed E-state index contributed by atoms with van der Waals surface area (Å²) in [6, 6.07) is 2.04. The third kappa shape index (κ3) is 3.24. The van der Waals surface area contributed by atoms with E-state index in [0.717, 1.165) is 37.1 Å². The number of rotatable bonds is 3. The molecule has 0 aromatic carbocycles. The molecule has 3 aliphatic rings. The largest absolute Gasteiger partial charge is 0.338 e. The smallest absolute Gasteiger partial charge is 0.246 e. The molecule has 0 radical (unpaired) electrons. The molecule has 7 heteroatoms. The highest BCUT2D eigenvalue weighted by molar-refractivity contribution is 5.99. The highest BCUT2D eigenvalue weighted by Crippen LogP contribution is 2.41. The van der Waals surface area contributed by atoms with Gasteiger partial charge in [0.25, 0.3) is 0 Å². The van der Waals surface area contributed by atoms with Crippen LogP contribution in [0.4, 0.5) is 5.82 Å². The molecule has 7 nitrogen and oxygen atoms in total. The van der Waals surface area contributed by atoms with Gasteiger partial charge in [0, 0.05) is 32.4 Å². The van der Waals surface area contributed by atoms with Crippen molar-refractivity contribution < 1.29 is 14.4 Å². The Bertz CT molecular complexity index is 851. The number of likely N-dealkylation sites (tertiary alicyclic amines) is 1. The van der Waals surface area contributed by atoms with Gasteiger partial charge in [0.1, 0.15) is 11.6 Å². The SMILES string of the molecule is CC(=O)C1CN(C(=O)C=Cc2cnc3c(c2)CC2(CCNCC2)C(=O)N3C)C1. The zero-order valence-corrected chi connectivity index (χ0v) is 16.4. The van der Waals surface area contributed by atoms with Crippen LogP contribution in [0.5, 0.6) is 0 Å². The van der Waals surface area contributed by atoms with Crippen molar-refractivity contribution in [3.05, 3.63) is 29.5 Å². The lowest BCUT2D eigenvalue weighted by Crippen LogP contribution is -2.52. The predicted octanol–water partition coefficient (Wildman–Crippen LogP) is 1.03. The number of ketones is 1. The molecule has 4 heterocycles. The van der Waals surface area contributed by atoms with E-state index in [4.69, 9.17) is 0 Å². The Kier molecular flexibility index (Phi) is 4.79. The molecular formula is C21H26N4O3. The molecule has 1 spiro atoms. The second kappa shape index (κ2) is 7.13. The maximum Gasteiger partial charge on any atom is 0.246 e. The number of Topliss-reactive ketones (excluding diaryl/α,β-unsaturated/α-hetero) is 1. The number of piperidine rings is 1. The second-order valence-electron chi connectivity index (χ2n) is 8.21. The molecule has 148 valence electrons. The fourth-order valence-corrected chi connectivity index (χ4v) is 4.42. The molecule has 3 aliphatic heterocycles. The molecule has 28 heavy (non-hydrogen) atoms. The Morgan fingerprint density at radius 1 is 1.29 bits per heavy atom. The highest BCUT2D eigenvalue weighted by atomic mass is 16.2. The van der Waals surface area contributed by atoms with Crippen molar-refractivity contribution in [2.75, 3.05) is 38.1 Å². The van der Waals surface area contributed by atoms with E-state index < -0.39 is 0 Å². The average Bonchev–Trinajstić information content (AvgIpc) is 2.64. The Morgan fingerprint density at radius 3 is 2.68 bits per heavy atom. The molecule has 0 saturated carbocycles. The Morgan fingerprint density at radius 2 is 2.00 bits per heavy atom. The highest BCUT2D eigenvalue weighted by Gasteiger charge is 2.46. The van der Waals surface area contributed by atoms with Crippen molar-refractivity contribution in [1.29, 1.82) is 0 Å². The van der Waals surface area contributed by atoms with E-state index in [9.17, 15) is 14.4 Å². The van der Waals surface area contributed by atoms with Gasteiger partial charge in [0.05, 0.1) is 11.3 Å². The summed E-state index contributed by atoms with van der Waals surface area (Å²) in [4.78, 5) is 44.3. The van der Waals surface area contributed by atoms with Gasteiger partial charge in [-0.05, 0) is 62.5 Å². The number of hydrogen-bond donors (Lipinski definition) is 1. The quantitative estimate of drug-likeness (QED) is 0.790. The zero-order valence-electron chi connectivity index (χ0n) is 16.4. The first-order valence-electron chi connectivity index (χ1n) is 9.85. The number of hydrogen-bond acceptors (Lipinski definition) is 5. The molecule has 2 saturated heterocycles. The molecule has 0 atom stereocenters. The molecular weight excluding hydrogens is 356 g/mol. The summed E-state index contributed by atoms with van der Waals surface area (Å²) < 4.78 is 0. The summed E-state index contributed by atoms with van der Waals surface area (Å²) >= 11 is 0. The minimum atomic E-state index is -0.341. The molecule has 4 rings (SSSR count). The number of carbonyl (C=O) groups excluding carboxylic acids is 3. The molecule has 2 amide bonds. The van der Waals surface area contributed by atoms with Gasteiger partial charge in [-0.1, -0.05) is 0 Å². The van der Waals surface area contributed by atoms with Gasteiger partial charge in [-0.15, -0.1) is 0 Å². The number of carbonyl (C=O) groups is 3. The number of amides is 2. The minimum absolute atomic E-state index is 0.0167. The summed E-state index contributed by atoms with van der Waals surface area (Å²) in [6.45, 7) is 4.29. The van der Waals surface area contributed by atoms with E-state index in [1.54, 1.807) is 36.0 Å². The van der Waals surface area contributed by atoms with Gasteiger partial charge in [0.2, 0.25) is 11.8 Å². The summed E-state index contributed by atoms with van der Waals surface area (Å²) in [6.07, 6.45) is 7.37. The van der Waals surface area contributed by atoms with Crippen molar-refractivity contribution in [1.82, 2.24) is 15.2 Å². The maximum absolute atomic E-state index is 12.9. The number of nitrogens with one attached hydrogen (secondary N) is 1. The van der Waals surface area contributed by atoms with Gasteiger partial charge < -0.3 is 10.2 Å². The monoisotopic (exact) mass is 382 g/mol. The molecule has 1 N–H and O–H groups in total. The number of aromatic nitrogens is 1. The summed E-state index contributed by atoms with van der Waals surface area (Å²) in [5.41, 5.74) is 1.56.